The van der Waals surface area contributed by atoms with Gasteiger partial charge in [-0.25, -0.2) is 0 Å². The second-order valence-electron chi connectivity index (χ2n) is 2.93. The van der Waals surface area contributed by atoms with Crippen molar-refractivity contribution in [1.82, 2.24) is 4.98 Å². The molecule has 1 heterocycles. The van der Waals surface area contributed by atoms with E-state index >= 15 is 0 Å². The molecule has 1 aromatic carbocycles. The number of nitrogens with one attached hydrogen (secondary N) is 1. The summed E-state index contributed by atoms with van der Waals surface area (Å²) in [4.78, 5) is 2.70. The molecule has 0 aliphatic rings. The number of aromatic nitrogens is 1. The molecular formula is C10H6F2N2. The fourth-order valence-electron chi connectivity index (χ4n) is 1.39. The van der Waals surface area contributed by atoms with E-state index < -0.39 is 5.92 Å². The molecule has 0 saturated heterocycles. The highest BCUT2D eigenvalue weighted by atomic mass is 19.3. The first-order chi connectivity index (χ1) is 6.65. The lowest BCUT2D eigenvalue weighted by molar-refractivity contribution is 0.0630. The Labute approximate surface area is 78.8 Å². The number of para-hydroxylation sites is 1. The molecular weight excluding hydrogens is 186 g/mol. The summed E-state index contributed by atoms with van der Waals surface area (Å²) in [7, 11) is 0. The molecule has 4 heteroatoms. The normalized spacial score (nSPS) is 11.5. The third kappa shape index (κ3) is 1.14. The maximum Gasteiger partial charge on any atom is 0.359 e. The molecule has 0 aliphatic heterocycles. The molecule has 0 radical (unpaired) electrons. The summed E-state index contributed by atoms with van der Waals surface area (Å²) in [6, 6.07) is 7.63. The molecule has 0 saturated carbocycles. The van der Waals surface area contributed by atoms with Crippen LogP contribution in [0.1, 0.15) is 5.56 Å². The minimum atomic E-state index is -3.43. The summed E-state index contributed by atoms with van der Waals surface area (Å²) < 4.78 is 26.1. The minimum Gasteiger partial charge on any atom is -0.361 e. The molecule has 0 spiro atoms. The number of alkyl halides is 2. The zero-order valence-corrected chi connectivity index (χ0v) is 7.09. The van der Waals surface area contributed by atoms with Crippen molar-refractivity contribution in [3.05, 3.63) is 36.0 Å². The predicted octanol–water partition coefficient (Wildman–Crippen LogP) is 2.78. The molecule has 2 rings (SSSR count). The SMILES string of the molecule is N#CC(F)(F)c1c[nH]c2ccccc12. The zero-order valence-electron chi connectivity index (χ0n) is 7.09. The monoisotopic (exact) mass is 192 g/mol. The van der Waals surface area contributed by atoms with Crippen LogP contribution in [-0.4, -0.2) is 4.98 Å². The Morgan fingerprint density at radius 2 is 2.00 bits per heavy atom. The zero-order chi connectivity index (χ0) is 10.2. The van der Waals surface area contributed by atoms with E-state index in [-0.39, 0.29) is 5.56 Å². The number of nitriles is 1. The van der Waals surface area contributed by atoms with Gasteiger partial charge in [0.05, 0.1) is 5.56 Å². The van der Waals surface area contributed by atoms with Gasteiger partial charge in [0, 0.05) is 17.1 Å². The van der Waals surface area contributed by atoms with Crippen LogP contribution < -0.4 is 0 Å². The Morgan fingerprint density at radius 3 is 2.71 bits per heavy atom. The summed E-state index contributed by atoms with van der Waals surface area (Å²) in [5.41, 5.74) is 0.341. The Balaban J connectivity index is 2.72. The lowest BCUT2D eigenvalue weighted by atomic mass is 10.1. The fraction of sp³-hybridized carbons (Fsp3) is 0.100. The highest BCUT2D eigenvalue weighted by Gasteiger charge is 2.33. The lowest BCUT2D eigenvalue weighted by Crippen LogP contribution is -2.08. The van der Waals surface area contributed by atoms with Crippen LogP contribution in [0.3, 0.4) is 0 Å². The van der Waals surface area contributed by atoms with E-state index in [1.807, 2.05) is 0 Å². The number of benzene rings is 1. The fourth-order valence-corrected chi connectivity index (χ4v) is 1.39. The predicted molar refractivity (Wildman–Crippen MR) is 47.8 cm³/mol. The van der Waals surface area contributed by atoms with Crippen molar-refractivity contribution in [2.45, 2.75) is 5.92 Å². The topological polar surface area (TPSA) is 39.6 Å². The average molecular weight is 192 g/mol. The van der Waals surface area contributed by atoms with Crippen molar-refractivity contribution in [1.29, 1.82) is 5.26 Å². The summed E-state index contributed by atoms with van der Waals surface area (Å²) in [5, 5.41) is 8.70. The smallest absolute Gasteiger partial charge is 0.359 e. The van der Waals surface area contributed by atoms with Gasteiger partial charge in [-0.15, -0.1) is 0 Å². The standard InChI is InChI=1S/C10H6F2N2/c11-10(12,6-13)8-5-14-9-4-2-1-3-7(8)9/h1-5,14H. The molecule has 0 unspecified atom stereocenters. The van der Waals surface area contributed by atoms with Crippen LogP contribution in [-0.2, 0) is 5.92 Å². The van der Waals surface area contributed by atoms with Crippen LogP contribution in [0, 0.1) is 11.3 Å². The number of fused-ring (bicyclic) bond motifs is 1. The maximum atomic E-state index is 13.1. The van der Waals surface area contributed by atoms with Crippen molar-refractivity contribution in [2.24, 2.45) is 0 Å². The van der Waals surface area contributed by atoms with Gasteiger partial charge in [-0.3, -0.25) is 0 Å². The van der Waals surface area contributed by atoms with Crippen molar-refractivity contribution in [3.8, 4) is 6.07 Å². The Bertz CT molecular complexity index is 508. The number of nitrogens with zero attached hydrogens (tertiary/aromatic N) is 1. The molecule has 0 amide bonds. The lowest BCUT2D eigenvalue weighted by Gasteiger charge is -2.04. The van der Waals surface area contributed by atoms with Crippen LogP contribution >= 0.6 is 0 Å². The van der Waals surface area contributed by atoms with Gasteiger partial charge in [0.15, 0.2) is 0 Å². The first kappa shape index (κ1) is 8.70. The highest BCUT2D eigenvalue weighted by molar-refractivity contribution is 5.84. The third-order valence-corrected chi connectivity index (χ3v) is 2.07. The first-order valence-corrected chi connectivity index (χ1v) is 4.01. The van der Waals surface area contributed by atoms with Crippen molar-refractivity contribution in [3.63, 3.8) is 0 Å². The number of H-pyrrole nitrogens is 1. The quantitative estimate of drug-likeness (QED) is 0.741. The van der Waals surface area contributed by atoms with Gasteiger partial charge in [-0.2, -0.15) is 14.0 Å². The summed E-state index contributed by atoms with van der Waals surface area (Å²) in [6.07, 6.45) is 1.17. The summed E-state index contributed by atoms with van der Waals surface area (Å²) in [5.74, 6) is -3.43. The number of aromatic amines is 1. The van der Waals surface area contributed by atoms with E-state index in [1.54, 1.807) is 24.3 Å². The van der Waals surface area contributed by atoms with Gasteiger partial charge in [0.25, 0.3) is 0 Å². The number of rotatable bonds is 1. The van der Waals surface area contributed by atoms with Gasteiger partial charge in [0.1, 0.15) is 6.07 Å². The summed E-state index contributed by atoms with van der Waals surface area (Å²) >= 11 is 0. The van der Waals surface area contributed by atoms with Crippen LogP contribution in [0.5, 0.6) is 0 Å². The molecule has 1 aromatic heterocycles. The Morgan fingerprint density at radius 1 is 1.29 bits per heavy atom. The van der Waals surface area contributed by atoms with E-state index in [1.165, 1.54) is 6.20 Å². The minimum absolute atomic E-state index is 0.268. The van der Waals surface area contributed by atoms with E-state index in [2.05, 4.69) is 4.98 Å². The molecule has 2 nitrogen and oxygen atoms in total. The molecule has 1 N–H and O–H groups in total. The van der Waals surface area contributed by atoms with Crippen LogP contribution in [0.2, 0.25) is 0 Å². The second kappa shape index (κ2) is 2.81. The number of hydrogen-bond acceptors (Lipinski definition) is 1. The second-order valence-corrected chi connectivity index (χ2v) is 2.93. The maximum absolute atomic E-state index is 13.1. The average Bonchev–Trinajstić information content (AvgIpc) is 2.61. The van der Waals surface area contributed by atoms with Gasteiger partial charge in [-0.05, 0) is 6.07 Å². The first-order valence-electron chi connectivity index (χ1n) is 4.01. The molecule has 0 bridgehead atoms. The molecule has 2 aromatic rings. The molecule has 0 aliphatic carbocycles. The number of halogens is 2. The van der Waals surface area contributed by atoms with E-state index in [0.717, 1.165) is 6.07 Å². The van der Waals surface area contributed by atoms with Crippen molar-refractivity contribution in [2.75, 3.05) is 0 Å². The van der Waals surface area contributed by atoms with E-state index in [4.69, 9.17) is 5.26 Å². The van der Waals surface area contributed by atoms with Crippen LogP contribution in [0.4, 0.5) is 8.78 Å². The van der Waals surface area contributed by atoms with Gasteiger partial charge in [-0.1, -0.05) is 18.2 Å². The van der Waals surface area contributed by atoms with Gasteiger partial charge >= 0.3 is 5.92 Å². The largest absolute Gasteiger partial charge is 0.361 e. The van der Waals surface area contributed by atoms with E-state index in [0.29, 0.717) is 10.9 Å². The van der Waals surface area contributed by atoms with E-state index in [9.17, 15) is 8.78 Å². The van der Waals surface area contributed by atoms with Gasteiger partial charge < -0.3 is 4.98 Å². The van der Waals surface area contributed by atoms with Crippen molar-refractivity contribution >= 4 is 10.9 Å². The highest BCUT2D eigenvalue weighted by Crippen LogP contribution is 2.32. The Hall–Kier alpha value is -1.89. The Kier molecular flexibility index (Phi) is 1.74. The molecule has 14 heavy (non-hydrogen) atoms. The third-order valence-electron chi connectivity index (χ3n) is 2.07. The molecule has 0 atom stereocenters. The number of hydrogen-bond donors (Lipinski definition) is 1. The van der Waals surface area contributed by atoms with Crippen LogP contribution in [0.15, 0.2) is 30.5 Å². The molecule has 0 fully saturated rings. The van der Waals surface area contributed by atoms with Gasteiger partial charge in [0.2, 0.25) is 0 Å². The summed E-state index contributed by atoms with van der Waals surface area (Å²) in [6.45, 7) is 0. The van der Waals surface area contributed by atoms with Crippen molar-refractivity contribution < 1.29 is 8.78 Å². The van der Waals surface area contributed by atoms with Crippen LogP contribution in [0.25, 0.3) is 10.9 Å². The molecule has 70 valence electrons.